The van der Waals surface area contributed by atoms with Gasteiger partial charge in [-0.25, -0.2) is 9.13 Å². The highest BCUT2D eigenvalue weighted by atomic mass is 31.2. The smallest absolute Gasteiger partial charge is 0.462 e. The zero-order valence-corrected chi connectivity index (χ0v) is 55.6. The van der Waals surface area contributed by atoms with Crippen molar-refractivity contribution < 1.29 is 80.2 Å². The number of unbranched alkanes of at least 4 members (excludes halogenated alkanes) is 26. The standard InChI is InChI=1S/C65H122O17P2/c1-8-9-10-11-12-13-14-15-16-17-18-19-24-34-41-48-64(69)81-61(53-76-63(68)47-40-33-28-27-31-38-45-58(6)7)55-80-84(73,74)78-51-59(66)50-77-83(71,72)79-54-60(82-65(70)49-42-35-26-21-23-30-37-44-57(4)5)52-75-62(67)46-39-32-25-20-22-29-36-43-56(2)3/h13-16,56-61,66H,8-12,17-55H2,1-7H3,(H,71,72)(H,73,74)/b14-13-,16-15-/t59-,60-,61-/m1/s1. The van der Waals surface area contributed by atoms with Crippen molar-refractivity contribution in [3.8, 4) is 0 Å². The summed E-state index contributed by atoms with van der Waals surface area (Å²) in [6, 6.07) is 0. The lowest BCUT2D eigenvalue weighted by molar-refractivity contribution is -0.161. The minimum absolute atomic E-state index is 0.0832. The van der Waals surface area contributed by atoms with Crippen LogP contribution in [0.25, 0.3) is 0 Å². The Morgan fingerprint density at radius 2 is 0.643 bits per heavy atom. The maximum atomic E-state index is 13.0. The Balaban J connectivity index is 5.27. The van der Waals surface area contributed by atoms with Crippen LogP contribution in [0.1, 0.15) is 292 Å². The van der Waals surface area contributed by atoms with Crippen molar-refractivity contribution in [3.63, 3.8) is 0 Å². The zero-order valence-electron chi connectivity index (χ0n) is 53.8. The molecule has 0 rings (SSSR count). The first-order valence-corrected chi connectivity index (χ1v) is 36.2. The highest BCUT2D eigenvalue weighted by molar-refractivity contribution is 7.47. The summed E-state index contributed by atoms with van der Waals surface area (Å²) in [7, 11) is -9.90. The van der Waals surface area contributed by atoms with Crippen molar-refractivity contribution >= 4 is 39.5 Å². The number of esters is 4. The van der Waals surface area contributed by atoms with E-state index in [0.717, 1.165) is 116 Å². The second-order valence-corrected chi connectivity index (χ2v) is 27.2. The van der Waals surface area contributed by atoms with E-state index >= 15 is 0 Å². The highest BCUT2D eigenvalue weighted by Gasteiger charge is 2.30. The van der Waals surface area contributed by atoms with Crippen molar-refractivity contribution in [2.24, 2.45) is 17.8 Å². The second kappa shape index (κ2) is 55.8. The molecule has 0 aliphatic heterocycles. The van der Waals surface area contributed by atoms with E-state index in [9.17, 15) is 43.2 Å². The van der Waals surface area contributed by atoms with Crippen LogP contribution in [0.15, 0.2) is 24.3 Å². The molecule has 2 unspecified atom stereocenters. The average Bonchev–Trinajstić information content (AvgIpc) is 3.46. The van der Waals surface area contributed by atoms with E-state index in [1.165, 1.54) is 77.0 Å². The zero-order chi connectivity index (χ0) is 62.4. The van der Waals surface area contributed by atoms with Gasteiger partial charge >= 0.3 is 39.5 Å². The predicted octanol–water partition coefficient (Wildman–Crippen LogP) is 17.4. The molecule has 0 spiro atoms. The van der Waals surface area contributed by atoms with Crippen LogP contribution >= 0.6 is 15.6 Å². The van der Waals surface area contributed by atoms with E-state index in [1.54, 1.807) is 0 Å². The molecule has 0 saturated heterocycles. The quantitative estimate of drug-likeness (QED) is 0.0169. The third-order valence-corrected chi connectivity index (χ3v) is 16.2. The van der Waals surface area contributed by atoms with Crippen LogP contribution in [0.2, 0.25) is 0 Å². The molecule has 0 aromatic heterocycles. The summed E-state index contributed by atoms with van der Waals surface area (Å²) in [6.07, 6.45) is 40.1. The third-order valence-electron chi connectivity index (χ3n) is 14.3. The maximum absolute atomic E-state index is 13.0. The molecular weight excluding hydrogens is 1110 g/mol. The number of allylic oxidation sites excluding steroid dienone is 4. The molecule has 5 atom stereocenters. The molecule has 17 nitrogen and oxygen atoms in total. The molecule has 0 aromatic carbocycles. The van der Waals surface area contributed by atoms with Gasteiger partial charge in [-0.2, -0.15) is 0 Å². The van der Waals surface area contributed by atoms with Gasteiger partial charge in [0.05, 0.1) is 26.4 Å². The van der Waals surface area contributed by atoms with Gasteiger partial charge < -0.3 is 33.8 Å². The number of aliphatic hydroxyl groups excluding tert-OH is 1. The number of hydrogen-bond donors (Lipinski definition) is 3. The van der Waals surface area contributed by atoms with Crippen LogP contribution < -0.4 is 0 Å². The topological polar surface area (TPSA) is 237 Å². The van der Waals surface area contributed by atoms with Crippen LogP contribution in [0.5, 0.6) is 0 Å². The van der Waals surface area contributed by atoms with E-state index in [1.807, 2.05) is 0 Å². The minimum Gasteiger partial charge on any atom is -0.462 e. The normalized spacial score (nSPS) is 14.5. The first-order chi connectivity index (χ1) is 40.2. The summed E-state index contributed by atoms with van der Waals surface area (Å²) in [6.45, 7) is 11.5. The molecule has 0 heterocycles. The Hall–Kier alpha value is -2.46. The summed E-state index contributed by atoms with van der Waals surface area (Å²) >= 11 is 0. The van der Waals surface area contributed by atoms with Crippen molar-refractivity contribution in [1.29, 1.82) is 0 Å². The number of carbonyl (C=O) groups is 4. The number of phosphoric acid groups is 2. The molecule has 0 fully saturated rings. The molecule has 0 aliphatic rings. The fourth-order valence-electron chi connectivity index (χ4n) is 9.12. The van der Waals surface area contributed by atoms with E-state index in [4.69, 9.17) is 37.0 Å². The Kier molecular flexibility index (Phi) is 54.2. The molecule has 0 aliphatic carbocycles. The Labute approximate surface area is 510 Å². The molecule has 0 aromatic rings. The third kappa shape index (κ3) is 58.6. The number of rotatable bonds is 61. The predicted molar refractivity (Wildman–Crippen MR) is 335 cm³/mol. The first-order valence-electron chi connectivity index (χ1n) is 33.2. The van der Waals surface area contributed by atoms with Crippen LogP contribution in [0.3, 0.4) is 0 Å². The Morgan fingerprint density at radius 3 is 0.964 bits per heavy atom. The van der Waals surface area contributed by atoms with E-state index in [0.29, 0.717) is 43.4 Å². The van der Waals surface area contributed by atoms with E-state index in [-0.39, 0.29) is 25.7 Å². The average molecular weight is 1240 g/mol. The summed E-state index contributed by atoms with van der Waals surface area (Å²) in [5, 5.41) is 10.5. The van der Waals surface area contributed by atoms with Gasteiger partial charge in [0.1, 0.15) is 19.3 Å². The molecule has 19 heteroatoms. The van der Waals surface area contributed by atoms with Crippen LogP contribution in [0, 0.1) is 17.8 Å². The lowest BCUT2D eigenvalue weighted by Crippen LogP contribution is -2.30. The summed E-state index contributed by atoms with van der Waals surface area (Å²) in [5.74, 6) is -0.0968. The Bertz CT molecular complexity index is 1760. The number of phosphoric ester groups is 2. The molecule has 84 heavy (non-hydrogen) atoms. The van der Waals surface area contributed by atoms with Crippen molar-refractivity contribution in [2.75, 3.05) is 39.6 Å². The molecule has 0 saturated carbocycles. The van der Waals surface area contributed by atoms with Gasteiger partial charge in [-0.3, -0.25) is 37.3 Å². The summed E-state index contributed by atoms with van der Waals surface area (Å²) < 4.78 is 67.9. The van der Waals surface area contributed by atoms with Gasteiger partial charge in [-0.05, 0) is 69.1 Å². The molecule has 3 N–H and O–H groups in total. The monoisotopic (exact) mass is 1240 g/mol. The molecule has 0 bridgehead atoms. The largest absolute Gasteiger partial charge is 0.472 e. The van der Waals surface area contributed by atoms with Gasteiger partial charge in [0.25, 0.3) is 0 Å². The molecule has 0 radical (unpaired) electrons. The van der Waals surface area contributed by atoms with Crippen LogP contribution in [-0.2, 0) is 65.4 Å². The SMILES string of the molecule is CCCCCC/C=C\C=C/CCCCCCCC(=O)O[C@H](COC(=O)CCCCCCCCC(C)C)COP(=O)(O)OC[C@H](O)COP(=O)(O)OC[C@@H](COC(=O)CCCCCCCCCC(C)C)OC(=O)CCCCCCCCCC(C)C. The number of hydrogen-bond acceptors (Lipinski definition) is 15. The summed E-state index contributed by atoms with van der Waals surface area (Å²) in [4.78, 5) is 72.2. The number of carbonyl (C=O) groups excluding carboxylic acids is 4. The number of ether oxygens (including phenoxy) is 4. The minimum atomic E-state index is -4.95. The van der Waals surface area contributed by atoms with Gasteiger partial charge in [0.15, 0.2) is 12.2 Å². The lowest BCUT2D eigenvalue weighted by atomic mass is 10.0. The van der Waals surface area contributed by atoms with Crippen LogP contribution in [-0.4, -0.2) is 96.7 Å². The molecule has 494 valence electrons. The lowest BCUT2D eigenvalue weighted by Gasteiger charge is -2.21. The van der Waals surface area contributed by atoms with E-state index < -0.39 is 97.5 Å². The molecule has 0 amide bonds. The van der Waals surface area contributed by atoms with Gasteiger partial charge in [0.2, 0.25) is 0 Å². The maximum Gasteiger partial charge on any atom is 0.472 e. The first kappa shape index (κ1) is 81.5. The van der Waals surface area contributed by atoms with Gasteiger partial charge in [0, 0.05) is 25.7 Å². The van der Waals surface area contributed by atoms with E-state index in [2.05, 4.69) is 72.8 Å². The second-order valence-electron chi connectivity index (χ2n) is 24.2. The van der Waals surface area contributed by atoms with Crippen LogP contribution in [0.4, 0.5) is 0 Å². The highest BCUT2D eigenvalue weighted by Crippen LogP contribution is 2.45. The van der Waals surface area contributed by atoms with Crippen molar-refractivity contribution in [1.82, 2.24) is 0 Å². The molecular formula is C65H122O17P2. The van der Waals surface area contributed by atoms with Crippen molar-refractivity contribution in [2.45, 2.75) is 311 Å². The fraction of sp³-hybridized carbons (Fsp3) is 0.877. The summed E-state index contributed by atoms with van der Waals surface area (Å²) in [5.41, 5.74) is 0. The van der Waals surface area contributed by atoms with Crippen molar-refractivity contribution in [3.05, 3.63) is 24.3 Å². The van der Waals surface area contributed by atoms with Gasteiger partial charge in [-0.1, -0.05) is 240 Å². The van der Waals surface area contributed by atoms with Gasteiger partial charge in [-0.15, -0.1) is 0 Å². The Morgan fingerprint density at radius 1 is 0.369 bits per heavy atom. The number of aliphatic hydroxyl groups is 1. The fourth-order valence-corrected chi connectivity index (χ4v) is 10.7.